The van der Waals surface area contributed by atoms with Crippen LogP contribution in [0.4, 0.5) is 5.69 Å². The highest BCUT2D eigenvalue weighted by Crippen LogP contribution is 2.23. The van der Waals surface area contributed by atoms with Gasteiger partial charge in [-0.05, 0) is 18.2 Å². The van der Waals surface area contributed by atoms with Crippen LogP contribution in [-0.2, 0) is 0 Å². The minimum absolute atomic E-state index is 0.00763. The number of hydrogen-bond donors (Lipinski definition) is 0. The molecule has 0 aliphatic carbocycles. The molecular weight excluding hydrogens is 278 g/mol. The van der Waals surface area contributed by atoms with Crippen molar-refractivity contribution in [1.29, 1.82) is 0 Å². The first kappa shape index (κ1) is 12.5. The number of halogens is 1. The molecule has 0 amide bonds. The summed E-state index contributed by atoms with van der Waals surface area (Å²) in [6.45, 7) is 0. The average Bonchev–Trinajstić information content (AvgIpc) is 2.46. The summed E-state index contributed by atoms with van der Waals surface area (Å²) in [6, 6.07) is 11.7. The number of nitro benzene ring substituents is 1. The highest BCUT2D eigenvalue weighted by atomic mass is 35.5. The summed E-state index contributed by atoms with van der Waals surface area (Å²) in [7, 11) is 0. The third-order valence-corrected chi connectivity index (χ3v) is 3.10. The van der Waals surface area contributed by atoms with Crippen LogP contribution in [-0.4, -0.2) is 14.9 Å². The van der Waals surface area contributed by atoms with Crippen molar-refractivity contribution in [2.24, 2.45) is 0 Å². The number of benzene rings is 2. The topological polar surface area (TPSA) is 68.9 Å². The monoisotopic (exact) mass is 285 g/mol. The van der Waals surface area contributed by atoms with E-state index in [2.05, 4.69) is 9.97 Å². The second-order valence-electron chi connectivity index (χ2n) is 4.20. The molecule has 6 heteroatoms. The van der Waals surface area contributed by atoms with Gasteiger partial charge >= 0.3 is 0 Å². The molecule has 0 atom stereocenters. The van der Waals surface area contributed by atoms with Gasteiger partial charge in [0.1, 0.15) is 0 Å². The Labute approximate surface area is 119 Å². The van der Waals surface area contributed by atoms with E-state index < -0.39 is 4.92 Å². The first-order chi connectivity index (χ1) is 9.63. The maximum absolute atomic E-state index is 10.8. The molecule has 98 valence electrons. The minimum Gasteiger partial charge on any atom is -0.258 e. The van der Waals surface area contributed by atoms with Crippen molar-refractivity contribution >= 4 is 28.2 Å². The van der Waals surface area contributed by atoms with E-state index in [1.807, 2.05) is 6.07 Å². The summed E-state index contributed by atoms with van der Waals surface area (Å²) in [4.78, 5) is 19.0. The lowest BCUT2D eigenvalue weighted by Gasteiger charge is -2.02. The molecule has 20 heavy (non-hydrogen) atoms. The lowest BCUT2D eigenvalue weighted by molar-refractivity contribution is -0.384. The number of non-ortho nitro benzene ring substituents is 1. The van der Waals surface area contributed by atoms with E-state index in [0.717, 1.165) is 10.9 Å². The van der Waals surface area contributed by atoms with Gasteiger partial charge in [0.25, 0.3) is 5.69 Å². The van der Waals surface area contributed by atoms with E-state index in [4.69, 9.17) is 11.6 Å². The summed E-state index contributed by atoms with van der Waals surface area (Å²) in [5.74, 6) is 0.487. The van der Waals surface area contributed by atoms with E-state index in [-0.39, 0.29) is 5.69 Å². The van der Waals surface area contributed by atoms with Gasteiger partial charge in [0, 0.05) is 34.3 Å². The Hall–Kier alpha value is -2.53. The van der Waals surface area contributed by atoms with Crippen LogP contribution in [0, 0.1) is 10.1 Å². The van der Waals surface area contributed by atoms with Gasteiger partial charge in [-0.3, -0.25) is 10.1 Å². The molecule has 0 spiro atoms. The highest BCUT2D eigenvalue weighted by Gasteiger charge is 2.09. The predicted molar refractivity (Wildman–Crippen MR) is 76.6 cm³/mol. The van der Waals surface area contributed by atoms with Gasteiger partial charge in [-0.1, -0.05) is 23.7 Å². The van der Waals surface area contributed by atoms with Gasteiger partial charge in [0.05, 0.1) is 10.4 Å². The molecule has 0 unspecified atom stereocenters. The Bertz CT molecular complexity index is 820. The Morgan fingerprint density at radius 1 is 1.15 bits per heavy atom. The Kier molecular flexibility index (Phi) is 3.04. The van der Waals surface area contributed by atoms with E-state index in [1.54, 1.807) is 30.5 Å². The van der Waals surface area contributed by atoms with Gasteiger partial charge in [-0.25, -0.2) is 9.97 Å². The molecule has 3 aromatic rings. The molecule has 1 heterocycles. The first-order valence-electron chi connectivity index (χ1n) is 5.80. The first-order valence-corrected chi connectivity index (χ1v) is 6.18. The Morgan fingerprint density at radius 3 is 2.75 bits per heavy atom. The van der Waals surface area contributed by atoms with Crippen molar-refractivity contribution in [1.82, 2.24) is 9.97 Å². The number of nitro groups is 1. The Balaban J connectivity index is 2.16. The number of rotatable bonds is 2. The van der Waals surface area contributed by atoms with Gasteiger partial charge in [0.2, 0.25) is 0 Å². The molecule has 2 aromatic carbocycles. The molecular formula is C14H8ClN3O2. The fourth-order valence-electron chi connectivity index (χ4n) is 1.89. The molecule has 0 bridgehead atoms. The van der Waals surface area contributed by atoms with Crippen LogP contribution in [0.15, 0.2) is 48.7 Å². The lowest BCUT2D eigenvalue weighted by atomic mass is 10.2. The largest absolute Gasteiger partial charge is 0.271 e. The highest BCUT2D eigenvalue weighted by molar-refractivity contribution is 6.30. The number of hydrogen-bond acceptors (Lipinski definition) is 4. The molecule has 5 nitrogen and oxygen atoms in total. The van der Waals surface area contributed by atoms with Crippen molar-refractivity contribution in [2.45, 2.75) is 0 Å². The average molecular weight is 286 g/mol. The SMILES string of the molecule is O=[N+]([O-])c1ccc2cnc(-c3cccc(Cl)c3)nc2c1. The number of aromatic nitrogens is 2. The van der Waals surface area contributed by atoms with Crippen molar-refractivity contribution in [2.75, 3.05) is 0 Å². The van der Waals surface area contributed by atoms with Crippen molar-refractivity contribution in [3.8, 4) is 11.4 Å². The standard InChI is InChI=1S/C14H8ClN3O2/c15-11-3-1-2-9(6-11)14-16-8-10-4-5-12(18(19)20)7-13(10)17-14/h1-8H. The predicted octanol–water partition coefficient (Wildman–Crippen LogP) is 3.86. The number of fused-ring (bicyclic) bond motifs is 1. The summed E-state index contributed by atoms with van der Waals surface area (Å²) >= 11 is 5.93. The zero-order valence-corrected chi connectivity index (χ0v) is 10.9. The van der Waals surface area contributed by atoms with E-state index in [9.17, 15) is 10.1 Å². The van der Waals surface area contributed by atoms with Crippen LogP contribution >= 0.6 is 11.6 Å². The number of nitrogens with zero attached hydrogens (tertiary/aromatic N) is 3. The molecule has 0 aliphatic heterocycles. The van der Waals surface area contributed by atoms with E-state index in [0.29, 0.717) is 16.4 Å². The van der Waals surface area contributed by atoms with Crippen molar-refractivity contribution < 1.29 is 4.92 Å². The van der Waals surface area contributed by atoms with Crippen LogP contribution in [0.2, 0.25) is 5.02 Å². The van der Waals surface area contributed by atoms with Crippen LogP contribution in [0.1, 0.15) is 0 Å². The van der Waals surface area contributed by atoms with E-state index >= 15 is 0 Å². The Morgan fingerprint density at radius 2 is 2.00 bits per heavy atom. The molecule has 0 aliphatic rings. The van der Waals surface area contributed by atoms with Gasteiger partial charge in [-0.15, -0.1) is 0 Å². The minimum atomic E-state index is -0.444. The summed E-state index contributed by atoms with van der Waals surface area (Å²) in [5.41, 5.74) is 1.31. The third-order valence-electron chi connectivity index (χ3n) is 2.86. The molecule has 3 rings (SSSR count). The molecule has 0 N–H and O–H groups in total. The van der Waals surface area contributed by atoms with Gasteiger partial charge < -0.3 is 0 Å². The fraction of sp³-hybridized carbons (Fsp3) is 0. The summed E-state index contributed by atoms with van der Waals surface area (Å²) in [6.07, 6.45) is 1.64. The van der Waals surface area contributed by atoms with Crippen molar-refractivity contribution in [3.05, 3.63) is 63.8 Å². The summed E-state index contributed by atoms with van der Waals surface area (Å²) in [5, 5.41) is 12.1. The van der Waals surface area contributed by atoms with Crippen LogP contribution in [0.5, 0.6) is 0 Å². The molecule has 1 aromatic heterocycles. The van der Waals surface area contributed by atoms with Crippen LogP contribution in [0.25, 0.3) is 22.3 Å². The normalized spacial score (nSPS) is 10.7. The molecule has 0 fully saturated rings. The maximum atomic E-state index is 10.8. The van der Waals surface area contributed by atoms with Crippen LogP contribution in [0.3, 0.4) is 0 Å². The summed E-state index contributed by atoms with van der Waals surface area (Å²) < 4.78 is 0. The molecule has 0 saturated heterocycles. The molecule has 0 saturated carbocycles. The fourth-order valence-corrected chi connectivity index (χ4v) is 2.08. The zero-order valence-electron chi connectivity index (χ0n) is 10.2. The third kappa shape index (κ3) is 2.31. The quantitative estimate of drug-likeness (QED) is 0.529. The maximum Gasteiger partial charge on any atom is 0.271 e. The van der Waals surface area contributed by atoms with Gasteiger partial charge in [-0.2, -0.15) is 0 Å². The van der Waals surface area contributed by atoms with Crippen molar-refractivity contribution in [3.63, 3.8) is 0 Å². The van der Waals surface area contributed by atoms with Gasteiger partial charge in [0.15, 0.2) is 5.82 Å². The molecule has 0 radical (unpaired) electrons. The second-order valence-corrected chi connectivity index (χ2v) is 4.64. The van der Waals surface area contributed by atoms with Crippen LogP contribution < -0.4 is 0 Å². The smallest absolute Gasteiger partial charge is 0.258 e. The second kappa shape index (κ2) is 4.86. The lowest BCUT2D eigenvalue weighted by Crippen LogP contribution is -1.92. The zero-order chi connectivity index (χ0) is 14.1. The van der Waals surface area contributed by atoms with E-state index in [1.165, 1.54) is 12.1 Å².